The van der Waals surface area contributed by atoms with Gasteiger partial charge in [-0.2, -0.15) is 0 Å². The molecule has 21 heavy (non-hydrogen) atoms. The van der Waals surface area contributed by atoms with Gasteiger partial charge < -0.3 is 10.4 Å². The highest BCUT2D eigenvalue weighted by molar-refractivity contribution is 7.10. The van der Waals surface area contributed by atoms with Crippen LogP contribution >= 0.6 is 22.9 Å². The Morgan fingerprint density at radius 1 is 1.43 bits per heavy atom. The van der Waals surface area contributed by atoms with Crippen LogP contribution in [0, 0.1) is 11.6 Å². The summed E-state index contributed by atoms with van der Waals surface area (Å²) in [5.74, 6) is -2.83. The lowest BCUT2D eigenvalue weighted by Crippen LogP contribution is -2.38. The maximum Gasteiger partial charge on any atom is 0.254 e. The fourth-order valence-corrected chi connectivity index (χ4v) is 2.67. The Hall–Kier alpha value is -1.50. The van der Waals surface area contributed by atoms with E-state index in [9.17, 15) is 18.7 Å². The summed E-state index contributed by atoms with van der Waals surface area (Å²) >= 11 is 6.76. The highest BCUT2D eigenvalue weighted by Crippen LogP contribution is 2.25. The van der Waals surface area contributed by atoms with Gasteiger partial charge >= 0.3 is 0 Å². The van der Waals surface area contributed by atoms with Gasteiger partial charge in [-0.1, -0.05) is 17.7 Å². The summed E-state index contributed by atoms with van der Waals surface area (Å²) in [5, 5.41) is 13.7. The SMILES string of the molecule is C[C@](O)(CNC(=O)c1ccc(F)c(Cl)c1F)c1cccs1. The maximum absolute atomic E-state index is 13.7. The van der Waals surface area contributed by atoms with Crippen LogP contribution in [-0.4, -0.2) is 17.6 Å². The average molecular weight is 332 g/mol. The van der Waals surface area contributed by atoms with Gasteiger partial charge in [0.2, 0.25) is 0 Å². The fourth-order valence-electron chi connectivity index (χ4n) is 1.72. The van der Waals surface area contributed by atoms with E-state index >= 15 is 0 Å². The number of hydrogen-bond acceptors (Lipinski definition) is 3. The number of halogens is 3. The number of amides is 1. The number of carbonyl (C=O) groups excluding carboxylic acids is 1. The van der Waals surface area contributed by atoms with Crippen LogP contribution in [0.25, 0.3) is 0 Å². The fraction of sp³-hybridized carbons (Fsp3) is 0.214. The van der Waals surface area contributed by atoms with Gasteiger partial charge in [-0.3, -0.25) is 4.79 Å². The Morgan fingerprint density at radius 3 is 2.76 bits per heavy atom. The van der Waals surface area contributed by atoms with E-state index in [1.807, 2.05) is 0 Å². The summed E-state index contributed by atoms with van der Waals surface area (Å²) in [7, 11) is 0. The molecule has 112 valence electrons. The van der Waals surface area contributed by atoms with Crippen LogP contribution in [0.5, 0.6) is 0 Å². The molecule has 0 aliphatic rings. The van der Waals surface area contributed by atoms with Gasteiger partial charge in [0.1, 0.15) is 16.4 Å². The van der Waals surface area contributed by atoms with Crippen molar-refractivity contribution in [1.29, 1.82) is 0 Å². The first-order valence-electron chi connectivity index (χ1n) is 6.01. The summed E-state index contributed by atoms with van der Waals surface area (Å²) in [6, 6.07) is 5.42. The van der Waals surface area contributed by atoms with E-state index in [1.54, 1.807) is 17.5 Å². The summed E-state index contributed by atoms with van der Waals surface area (Å²) in [4.78, 5) is 12.6. The normalized spacial score (nSPS) is 13.8. The molecular weight excluding hydrogens is 320 g/mol. The molecule has 1 aromatic heterocycles. The van der Waals surface area contributed by atoms with Crippen LogP contribution in [0.3, 0.4) is 0 Å². The van der Waals surface area contributed by atoms with Crippen LogP contribution in [-0.2, 0) is 5.60 Å². The Bertz CT molecular complexity index is 659. The molecule has 2 rings (SSSR count). The third-order valence-electron chi connectivity index (χ3n) is 2.92. The van der Waals surface area contributed by atoms with Crippen LogP contribution in [0.4, 0.5) is 8.78 Å². The Labute approximate surface area is 129 Å². The first kappa shape index (κ1) is 15.9. The first-order valence-corrected chi connectivity index (χ1v) is 7.27. The lowest BCUT2D eigenvalue weighted by molar-refractivity contribution is 0.0555. The minimum atomic E-state index is -1.27. The summed E-state index contributed by atoms with van der Waals surface area (Å²) in [6.07, 6.45) is 0. The Morgan fingerprint density at radius 2 is 2.14 bits per heavy atom. The van der Waals surface area contributed by atoms with Crippen LogP contribution in [0.15, 0.2) is 29.6 Å². The van der Waals surface area contributed by atoms with Crippen LogP contribution in [0.1, 0.15) is 22.2 Å². The number of nitrogens with one attached hydrogen (secondary N) is 1. The molecule has 0 aliphatic carbocycles. The summed E-state index contributed by atoms with van der Waals surface area (Å²) < 4.78 is 26.8. The molecule has 0 saturated carbocycles. The first-order chi connectivity index (χ1) is 9.83. The zero-order valence-electron chi connectivity index (χ0n) is 11.0. The lowest BCUT2D eigenvalue weighted by atomic mass is 10.0. The molecule has 7 heteroatoms. The van der Waals surface area contributed by atoms with Crippen molar-refractivity contribution >= 4 is 28.8 Å². The van der Waals surface area contributed by atoms with E-state index in [0.29, 0.717) is 4.88 Å². The van der Waals surface area contributed by atoms with Crippen molar-refractivity contribution in [2.45, 2.75) is 12.5 Å². The van der Waals surface area contributed by atoms with Gasteiger partial charge in [-0.05, 0) is 30.5 Å². The van der Waals surface area contributed by atoms with Gasteiger partial charge in [0.25, 0.3) is 5.91 Å². The minimum absolute atomic E-state index is 0.110. The topological polar surface area (TPSA) is 49.3 Å². The molecule has 3 nitrogen and oxygen atoms in total. The van der Waals surface area contributed by atoms with Gasteiger partial charge in [0.05, 0.1) is 12.1 Å². The second-order valence-electron chi connectivity index (χ2n) is 4.66. The van der Waals surface area contributed by atoms with Crippen molar-refractivity contribution in [2.24, 2.45) is 0 Å². The van der Waals surface area contributed by atoms with E-state index in [0.717, 1.165) is 12.1 Å². The molecule has 0 radical (unpaired) electrons. The number of thiophene rings is 1. The van der Waals surface area contributed by atoms with Crippen molar-refractivity contribution in [1.82, 2.24) is 5.32 Å². The predicted molar refractivity (Wildman–Crippen MR) is 77.6 cm³/mol. The zero-order valence-corrected chi connectivity index (χ0v) is 12.6. The predicted octanol–water partition coefficient (Wildman–Crippen LogP) is 3.32. The molecular formula is C14H12ClF2NO2S. The van der Waals surface area contributed by atoms with E-state index in [2.05, 4.69) is 5.32 Å². The average Bonchev–Trinajstić information content (AvgIpc) is 2.97. The molecule has 0 aliphatic heterocycles. The van der Waals surface area contributed by atoms with E-state index in [1.165, 1.54) is 18.3 Å². The number of rotatable bonds is 4. The third-order valence-corrected chi connectivity index (χ3v) is 4.39. The molecule has 1 aromatic carbocycles. The quantitative estimate of drug-likeness (QED) is 0.844. The Kier molecular flexibility index (Phi) is 4.61. The summed E-state index contributed by atoms with van der Waals surface area (Å²) in [6.45, 7) is 1.42. The maximum atomic E-state index is 13.7. The van der Waals surface area contributed by atoms with Gasteiger partial charge in [0, 0.05) is 4.88 Å². The van der Waals surface area contributed by atoms with Crippen LogP contribution in [0.2, 0.25) is 5.02 Å². The molecule has 0 bridgehead atoms. The molecule has 2 N–H and O–H groups in total. The second kappa shape index (κ2) is 6.09. The summed E-state index contributed by atoms with van der Waals surface area (Å²) in [5.41, 5.74) is -1.65. The zero-order chi connectivity index (χ0) is 15.6. The van der Waals surface area contributed by atoms with Gasteiger partial charge in [-0.25, -0.2) is 8.78 Å². The van der Waals surface area contributed by atoms with E-state index < -0.39 is 28.2 Å². The van der Waals surface area contributed by atoms with Gasteiger partial charge in [0.15, 0.2) is 5.82 Å². The highest BCUT2D eigenvalue weighted by Gasteiger charge is 2.26. The number of benzene rings is 1. The smallest absolute Gasteiger partial charge is 0.254 e. The van der Waals surface area contributed by atoms with E-state index in [4.69, 9.17) is 11.6 Å². The molecule has 2 aromatic rings. The van der Waals surface area contributed by atoms with Crippen molar-refractivity contribution in [3.05, 3.63) is 56.7 Å². The number of carbonyl (C=O) groups is 1. The standard InChI is InChI=1S/C14H12ClF2NO2S/c1-14(20,10-3-2-6-21-10)7-18-13(19)8-4-5-9(16)11(15)12(8)17/h2-6,20H,7H2,1H3,(H,18,19)/t14-/m0/s1. The second-order valence-corrected chi connectivity index (χ2v) is 5.98. The molecule has 0 unspecified atom stereocenters. The van der Waals surface area contributed by atoms with Crippen molar-refractivity contribution in [3.63, 3.8) is 0 Å². The minimum Gasteiger partial charge on any atom is -0.383 e. The number of aliphatic hydroxyl groups is 1. The third kappa shape index (κ3) is 3.40. The molecule has 0 saturated heterocycles. The molecule has 0 spiro atoms. The molecule has 1 heterocycles. The molecule has 0 fully saturated rings. The highest BCUT2D eigenvalue weighted by atomic mass is 35.5. The van der Waals surface area contributed by atoms with Crippen molar-refractivity contribution in [3.8, 4) is 0 Å². The van der Waals surface area contributed by atoms with Crippen molar-refractivity contribution < 1.29 is 18.7 Å². The largest absolute Gasteiger partial charge is 0.383 e. The monoisotopic (exact) mass is 331 g/mol. The lowest BCUT2D eigenvalue weighted by Gasteiger charge is -2.22. The van der Waals surface area contributed by atoms with Crippen molar-refractivity contribution in [2.75, 3.05) is 6.54 Å². The molecule has 1 atom stereocenters. The van der Waals surface area contributed by atoms with Gasteiger partial charge in [-0.15, -0.1) is 11.3 Å². The van der Waals surface area contributed by atoms with Crippen LogP contribution < -0.4 is 5.32 Å². The Balaban J connectivity index is 2.11. The molecule has 1 amide bonds. The van der Waals surface area contributed by atoms with E-state index in [-0.39, 0.29) is 12.1 Å². The number of hydrogen-bond donors (Lipinski definition) is 2.